The Balaban J connectivity index is 2.08. The van der Waals surface area contributed by atoms with Crippen LogP contribution in [0.15, 0.2) is 29.2 Å². The number of hydrogen-bond acceptors (Lipinski definition) is 6. The number of nitrogens with one attached hydrogen (secondary N) is 2. The van der Waals surface area contributed by atoms with Gasteiger partial charge < -0.3 is 10.4 Å². The van der Waals surface area contributed by atoms with E-state index in [9.17, 15) is 23.6 Å². The smallest absolute Gasteiger partial charge is 0.289 e. The largest absolute Gasteiger partial charge is 0.387 e. The van der Waals surface area contributed by atoms with Gasteiger partial charge in [-0.25, -0.2) is 13.1 Å². The third kappa shape index (κ3) is 3.12. The zero-order valence-electron chi connectivity index (χ0n) is 10.6. The molecule has 1 aliphatic rings. The van der Waals surface area contributed by atoms with Gasteiger partial charge in [-0.2, -0.15) is 0 Å². The quantitative estimate of drug-likeness (QED) is 0.485. The van der Waals surface area contributed by atoms with E-state index in [0.29, 0.717) is 13.1 Å². The number of β-amino-alcohol motifs (C(OH)–C–C–N with tert-alkyl or cyclic N) is 1. The Morgan fingerprint density at radius 3 is 2.60 bits per heavy atom. The average molecular weight is 301 g/mol. The average Bonchev–Trinajstić information content (AvgIpc) is 2.36. The number of benzene rings is 1. The van der Waals surface area contributed by atoms with E-state index in [2.05, 4.69) is 10.0 Å². The topological polar surface area (TPSA) is 122 Å². The highest BCUT2D eigenvalue weighted by molar-refractivity contribution is 7.89. The fraction of sp³-hybridized carbons (Fsp3) is 0.455. The molecule has 20 heavy (non-hydrogen) atoms. The molecule has 110 valence electrons. The van der Waals surface area contributed by atoms with Crippen molar-refractivity contribution in [2.24, 2.45) is 0 Å². The Kier molecular flexibility index (Phi) is 4.04. The van der Waals surface area contributed by atoms with Crippen LogP contribution in [-0.4, -0.2) is 43.7 Å². The summed E-state index contributed by atoms with van der Waals surface area (Å²) in [6.07, 6.45) is 0.250. The Morgan fingerprint density at radius 2 is 2.05 bits per heavy atom. The van der Waals surface area contributed by atoms with E-state index in [0.717, 1.165) is 6.07 Å². The number of aliphatic hydroxyl groups is 1. The number of para-hydroxylation sites is 1. The fourth-order valence-corrected chi connectivity index (χ4v) is 3.12. The van der Waals surface area contributed by atoms with E-state index < -0.39 is 26.2 Å². The molecular formula is C11H15N3O5S. The molecule has 0 amide bonds. The molecule has 1 aromatic rings. The van der Waals surface area contributed by atoms with Gasteiger partial charge in [-0.1, -0.05) is 12.1 Å². The number of nitrogens with zero attached hydrogens (tertiary/aromatic N) is 1. The first-order valence-corrected chi connectivity index (χ1v) is 7.49. The van der Waals surface area contributed by atoms with Crippen molar-refractivity contribution >= 4 is 15.7 Å². The Labute approximate surface area is 116 Å². The van der Waals surface area contributed by atoms with Crippen LogP contribution in [0.2, 0.25) is 0 Å². The van der Waals surface area contributed by atoms with Crippen LogP contribution in [0, 0.1) is 10.1 Å². The van der Waals surface area contributed by atoms with Crippen LogP contribution >= 0.6 is 0 Å². The van der Waals surface area contributed by atoms with Crippen molar-refractivity contribution < 1.29 is 18.4 Å². The number of hydrogen-bond donors (Lipinski definition) is 3. The predicted molar refractivity (Wildman–Crippen MR) is 70.7 cm³/mol. The molecule has 9 heteroatoms. The molecule has 0 radical (unpaired) electrons. The molecule has 0 saturated carbocycles. The van der Waals surface area contributed by atoms with Crippen molar-refractivity contribution in [2.75, 3.05) is 19.6 Å². The fourth-order valence-electron chi connectivity index (χ4n) is 1.92. The van der Waals surface area contributed by atoms with Crippen molar-refractivity contribution in [3.05, 3.63) is 34.4 Å². The Hall–Kier alpha value is -1.55. The summed E-state index contributed by atoms with van der Waals surface area (Å²) in [5.74, 6) is 0. The van der Waals surface area contributed by atoms with E-state index in [1.54, 1.807) is 0 Å². The molecular weight excluding hydrogens is 286 g/mol. The van der Waals surface area contributed by atoms with Crippen LogP contribution in [0.1, 0.15) is 6.42 Å². The molecule has 8 nitrogen and oxygen atoms in total. The van der Waals surface area contributed by atoms with Crippen LogP contribution in [0.5, 0.6) is 0 Å². The van der Waals surface area contributed by atoms with Gasteiger partial charge in [0.1, 0.15) is 0 Å². The van der Waals surface area contributed by atoms with Crippen LogP contribution in [0.25, 0.3) is 0 Å². The number of nitro benzene ring substituents is 1. The second-order valence-electron chi connectivity index (χ2n) is 4.70. The van der Waals surface area contributed by atoms with Gasteiger partial charge in [0.05, 0.1) is 10.5 Å². The first-order valence-electron chi connectivity index (χ1n) is 6.00. The molecule has 0 bridgehead atoms. The maximum atomic E-state index is 12.0. The van der Waals surface area contributed by atoms with Gasteiger partial charge in [0, 0.05) is 25.7 Å². The third-order valence-electron chi connectivity index (χ3n) is 3.14. The summed E-state index contributed by atoms with van der Waals surface area (Å²) < 4.78 is 26.3. The van der Waals surface area contributed by atoms with E-state index in [4.69, 9.17) is 0 Å². The van der Waals surface area contributed by atoms with E-state index in [1.165, 1.54) is 18.2 Å². The summed E-state index contributed by atoms with van der Waals surface area (Å²) in [6.45, 7) is 0.854. The normalized spacial score (nSPS) is 17.4. The molecule has 1 aliphatic heterocycles. The number of rotatable bonds is 6. The standard InChI is InChI=1S/C11H15N3O5S/c15-11(7-12-8-11)5-6-13-20(18,19)10-4-2-1-3-9(10)14(16)17/h1-4,12-13,15H,5-8H2. The Bertz CT molecular complexity index is 612. The highest BCUT2D eigenvalue weighted by Crippen LogP contribution is 2.23. The van der Waals surface area contributed by atoms with Crippen molar-refractivity contribution in [1.82, 2.24) is 10.0 Å². The second-order valence-corrected chi connectivity index (χ2v) is 6.44. The molecule has 3 N–H and O–H groups in total. The van der Waals surface area contributed by atoms with Gasteiger partial charge in [-0.05, 0) is 12.5 Å². The lowest BCUT2D eigenvalue weighted by molar-refractivity contribution is -0.387. The summed E-state index contributed by atoms with van der Waals surface area (Å²) in [5, 5.41) is 23.5. The summed E-state index contributed by atoms with van der Waals surface area (Å²) in [5.41, 5.74) is -1.37. The molecule has 1 fully saturated rings. The van der Waals surface area contributed by atoms with Crippen molar-refractivity contribution in [3.8, 4) is 0 Å². The Morgan fingerprint density at radius 1 is 1.40 bits per heavy atom. The summed E-state index contributed by atoms with van der Waals surface area (Å²) >= 11 is 0. The number of sulfonamides is 1. The van der Waals surface area contributed by atoms with E-state index >= 15 is 0 Å². The first-order chi connectivity index (χ1) is 9.34. The molecule has 0 atom stereocenters. The summed E-state index contributed by atoms with van der Waals surface area (Å²) in [4.78, 5) is 9.71. The van der Waals surface area contributed by atoms with E-state index in [-0.39, 0.29) is 17.9 Å². The second kappa shape index (κ2) is 5.44. The molecule has 0 aromatic heterocycles. The lowest BCUT2D eigenvalue weighted by atomic mass is 9.93. The van der Waals surface area contributed by atoms with Crippen LogP contribution < -0.4 is 10.0 Å². The molecule has 0 aliphatic carbocycles. The molecule has 0 spiro atoms. The maximum Gasteiger partial charge on any atom is 0.289 e. The van der Waals surface area contributed by atoms with Gasteiger partial charge in [0.15, 0.2) is 4.90 Å². The van der Waals surface area contributed by atoms with Crippen LogP contribution in [-0.2, 0) is 10.0 Å². The first kappa shape index (κ1) is 14.9. The SMILES string of the molecule is O=[N+]([O-])c1ccccc1S(=O)(=O)NCCC1(O)CNC1. The third-order valence-corrected chi connectivity index (χ3v) is 4.65. The molecule has 0 unspecified atom stereocenters. The minimum Gasteiger partial charge on any atom is -0.387 e. The van der Waals surface area contributed by atoms with Gasteiger partial charge >= 0.3 is 0 Å². The molecule has 1 aromatic carbocycles. The molecule has 1 heterocycles. The van der Waals surface area contributed by atoms with Crippen LogP contribution in [0.3, 0.4) is 0 Å². The lowest BCUT2D eigenvalue weighted by Crippen LogP contribution is -2.60. The van der Waals surface area contributed by atoms with Crippen LogP contribution in [0.4, 0.5) is 5.69 Å². The molecule has 1 saturated heterocycles. The van der Waals surface area contributed by atoms with Gasteiger partial charge in [0.2, 0.25) is 10.0 Å². The zero-order valence-corrected chi connectivity index (χ0v) is 11.4. The highest BCUT2D eigenvalue weighted by atomic mass is 32.2. The van der Waals surface area contributed by atoms with E-state index in [1.807, 2.05) is 0 Å². The van der Waals surface area contributed by atoms with Crippen molar-refractivity contribution in [1.29, 1.82) is 0 Å². The van der Waals surface area contributed by atoms with Gasteiger partial charge in [0.25, 0.3) is 5.69 Å². The van der Waals surface area contributed by atoms with Gasteiger partial charge in [-0.3, -0.25) is 10.1 Å². The minimum absolute atomic E-state index is 0.0204. The predicted octanol–water partition coefficient (Wildman–Crippen LogP) is -0.402. The summed E-state index contributed by atoms with van der Waals surface area (Å²) in [6, 6.07) is 5.14. The number of nitro groups is 1. The minimum atomic E-state index is -3.97. The molecule has 2 rings (SSSR count). The van der Waals surface area contributed by atoms with Crippen molar-refractivity contribution in [2.45, 2.75) is 16.9 Å². The monoisotopic (exact) mass is 301 g/mol. The lowest BCUT2D eigenvalue weighted by Gasteiger charge is -2.37. The zero-order chi connectivity index (χ0) is 14.8. The van der Waals surface area contributed by atoms with Gasteiger partial charge in [-0.15, -0.1) is 0 Å². The summed E-state index contributed by atoms with van der Waals surface area (Å²) in [7, 11) is -3.97. The van der Waals surface area contributed by atoms with Crippen molar-refractivity contribution in [3.63, 3.8) is 0 Å². The highest BCUT2D eigenvalue weighted by Gasteiger charge is 2.34. The maximum absolute atomic E-state index is 12.0.